The number of nitrogens with one attached hydrogen (secondary N) is 5. The number of nitrogens with zero attached hydrogens (tertiary/aromatic N) is 1. The topological polar surface area (TPSA) is 299 Å². The van der Waals surface area contributed by atoms with Crippen molar-refractivity contribution < 1.29 is 33.9 Å². The smallest absolute Gasteiger partial charge is 0.245 e. The molecule has 3 rings (SSSR count). The number of nitrogens with two attached hydrogens (primary N) is 4. The molecule has 0 bridgehead atoms. The van der Waals surface area contributed by atoms with Gasteiger partial charge in [-0.15, -0.1) is 0 Å². The van der Waals surface area contributed by atoms with E-state index < -0.39 is 78.8 Å². The van der Waals surface area contributed by atoms with Crippen LogP contribution in [0.1, 0.15) is 29.5 Å². The highest BCUT2D eigenvalue weighted by Gasteiger charge is 2.32. The molecule has 0 radical (unpaired) electrons. The van der Waals surface area contributed by atoms with E-state index in [1.807, 2.05) is 0 Å². The number of primary amides is 1. The van der Waals surface area contributed by atoms with Crippen LogP contribution in [0.4, 0.5) is 0 Å². The van der Waals surface area contributed by atoms with Crippen LogP contribution in [0.5, 0.6) is 0 Å². The number of hydrogen-bond acceptors (Lipinski definition) is 9. The molecule has 0 spiro atoms. The van der Waals surface area contributed by atoms with Crippen LogP contribution in [0, 0.1) is 0 Å². The van der Waals surface area contributed by atoms with Gasteiger partial charge in [0.2, 0.25) is 35.4 Å². The Kier molecular flexibility index (Phi) is 17.8. The quantitative estimate of drug-likeness (QED) is 0.0295. The van der Waals surface area contributed by atoms with Crippen molar-refractivity contribution >= 4 is 41.4 Å². The first-order valence-electron chi connectivity index (χ1n) is 17.7. The molecule has 0 aliphatic carbocycles. The first kappa shape index (κ1) is 43.1. The lowest BCUT2D eigenvalue weighted by atomic mass is 10.0. The summed E-state index contributed by atoms with van der Waals surface area (Å²) in [6.07, 6.45) is 0.360. The first-order valence-corrected chi connectivity index (χ1v) is 17.7. The van der Waals surface area contributed by atoms with Crippen LogP contribution in [-0.4, -0.2) is 96.4 Å². The number of aliphatic hydroxyl groups is 1. The molecule has 0 aliphatic rings. The minimum atomic E-state index is -1.41. The highest BCUT2D eigenvalue weighted by Crippen LogP contribution is 2.10. The van der Waals surface area contributed by atoms with E-state index in [9.17, 15) is 33.9 Å². The molecule has 0 heterocycles. The van der Waals surface area contributed by atoms with Crippen LogP contribution in [0.15, 0.2) is 96.0 Å². The van der Waals surface area contributed by atoms with Crippen molar-refractivity contribution in [2.75, 3.05) is 19.7 Å². The van der Waals surface area contributed by atoms with Crippen molar-refractivity contribution in [1.29, 1.82) is 0 Å². The Balaban J connectivity index is 1.90. The Bertz CT molecular complexity index is 1740. The van der Waals surface area contributed by atoms with Gasteiger partial charge in [-0.05, 0) is 29.5 Å². The first-order chi connectivity index (χ1) is 26.4. The molecule has 0 aromatic heterocycles. The van der Waals surface area contributed by atoms with Crippen LogP contribution in [0.25, 0.3) is 0 Å². The van der Waals surface area contributed by atoms with Gasteiger partial charge in [0.05, 0.1) is 13.2 Å². The number of aliphatic imine (C=N–C) groups is 1. The Morgan fingerprint density at radius 3 is 1.33 bits per heavy atom. The van der Waals surface area contributed by atoms with Gasteiger partial charge in [-0.1, -0.05) is 91.0 Å². The van der Waals surface area contributed by atoms with Gasteiger partial charge in [-0.2, -0.15) is 0 Å². The number of amides is 6. The summed E-state index contributed by atoms with van der Waals surface area (Å²) in [6, 6.07) is 20.2. The fraction of sp³-hybridized carbons (Fsp3) is 0.342. The predicted octanol–water partition coefficient (Wildman–Crippen LogP) is -2.37. The van der Waals surface area contributed by atoms with Crippen molar-refractivity contribution in [2.45, 2.75) is 62.3 Å². The number of guanidine groups is 1. The molecule has 6 amide bonds. The molecule has 0 unspecified atom stereocenters. The lowest BCUT2D eigenvalue weighted by molar-refractivity contribution is -0.135. The molecular formula is C38H50N10O7. The van der Waals surface area contributed by atoms with Crippen molar-refractivity contribution in [1.82, 2.24) is 26.6 Å². The minimum absolute atomic E-state index is 0.0174. The average Bonchev–Trinajstić information content (AvgIpc) is 3.18. The van der Waals surface area contributed by atoms with E-state index in [1.165, 1.54) is 0 Å². The molecular weight excluding hydrogens is 708 g/mol. The van der Waals surface area contributed by atoms with Crippen molar-refractivity contribution in [3.63, 3.8) is 0 Å². The van der Waals surface area contributed by atoms with Gasteiger partial charge in [-0.25, -0.2) is 0 Å². The molecule has 55 heavy (non-hydrogen) atoms. The monoisotopic (exact) mass is 758 g/mol. The van der Waals surface area contributed by atoms with E-state index in [0.717, 1.165) is 5.56 Å². The van der Waals surface area contributed by atoms with Gasteiger partial charge in [0.15, 0.2) is 5.96 Å². The van der Waals surface area contributed by atoms with Crippen LogP contribution in [-0.2, 0) is 48.0 Å². The van der Waals surface area contributed by atoms with Gasteiger partial charge in [0, 0.05) is 25.8 Å². The fourth-order valence-corrected chi connectivity index (χ4v) is 5.50. The van der Waals surface area contributed by atoms with Gasteiger partial charge in [-0.3, -0.25) is 33.8 Å². The lowest BCUT2D eigenvalue weighted by Gasteiger charge is -2.27. The molecule has 0 saturated carbocycles. The van der Waals surface area contributed by atoms with Crippen molar-refractivity contribution in [3.05, 3.63) is 108 Å². The van der Waals surface area contributed by atoms with Gasteiger partial charge < -0.3 is 54.6 Å². The van der Waals surface area contributed by atoms with E-state index in [2.05, 4.69) is 31.6 Å². The molecule has 294 valence electrons. The van der Waals surface area contributed by atoms with Crippen molar-refractivity contribution in [2.24, 2.45) is 27.9 Å². The summed E-state index contributed by atoms with van der Waals surface area (Å²) in [6.45, 7) is -1.07. The molecule has 5 atom stereocenters. The second kappa shape index (κ2) is 22.7. The second-order valence-corrected chi connectivity index (χ2v) is 12.7. The zero-order valence-electron chi connectivity index (χ0n) is 30.4. The Hall–Kier alpha value is -6.33. The number of hydrogen-bond donors (Lipinski definition) is 10. The Morgan fingerprint density at radius 2 is 0.927 bits per heavy atom. The molecule has 17 heteroatoms. The zero-order chi connectivity index (χ0) is 40.2. The van der Waals surface area contributed by atoms with E-state index in [1.54, 1.807) is 91.0 Å². The molecule has 0 aliphatic heterocycles. The summed E-state index contributed by atoms with van der Waals surface area (Å²) in [5.41, 5.74) is 24.0. The Morgan fingerprint density at radius 1 is 0.545 bits per heavy atom. The molecule has 3 aromatic carbocycles. The average molecular weight is 759 g/mol. The number of benzene rings is 3. The number of carbonyl (C=O) groups excluding carboxylic acids is 6. The third-order valence-corrected chi connectivity index (χ3v) is 8.37. The fourth-order valence-electron chi connectivity index (χ4n) is 5.50. The van der Waals surface area contributed by atoms with Crippen LogP contribution in [0.2, 0.25) is 0 Å². The van der Waals surface area contributed by atoms with Crippen LogP contribution in [0.3, 0.4) is 0 Å². The molecule has 17 nitrogen and oxygen atoms in total. The van der Waals surface area contributed by atoms with E-state index >= 15 is 0 Å². The van der Waals surface area contributed by atoms with Crippen molar-refractivity contribution in [3.8, 4) is 0 Å². The second-order valence-electron chi connectivity index (χ2n) is 12.7. The summed E-state index contributed by atoms with van der Waals surface area (Å²) in [7, 11) is 0. The summed E-state index contributed by atoms with van der Waals surface area (Å²) in [5, 5.41) is 22.8. The summed E-state index contributed by atoms with van der Waals surface area (Å²) >= 11 is 0. The maximum atomic E-state index is 14.1. The van der Waals surface area contributed by atoms with E-state index in [-0.39, 0.29) is 44.6 Å². The van der Waals surface area contributed by atoms with Gasteiger partial charge in [0.25, 0.3) is 0 Å². The lowest BCUT2D eigenvalue weighted by Crippen LogP contribution is -2.60. The van der Waals surface area contributed by atoms with Gasteiger partial charge in [0.1, 0.15) is 30.2 Å². The highest BCUT2D eigenvalue weighted by molar-refractivity contribution is 5.96. The maximum Gasteiger partial charge on any atom is 0.245 e. The minimum Gasteiger partial charge on any atom is -0.394 e. The maximum absolute atomic E-state index is 14.1. The number of rotatable bonds is 22. The van der Waals surface area contributed by atoms with Crippen LogP contribution < -0.4 is 49.5 Å². The molecule has 3 aromatic rings. The van der Waals surface area contributed by atoms with Gasteiger partial charge >= 0.3 is 0 Å². The molecule has 0 saturated heterocycles. The van der Waals surface area contributed by atoms with Crippen LogP contribution >= 0.6 is 0 Å². The highest BCUT2D eigenvalue weighted by atomic mass is 16.3. The standard InChI is InChI=1S/C38H50N10O7/c39-22-32(50)44-31(23-49)37(55)48-30(21-26-15-8-3-9-16-26)36(54)47-29(20-25-13-6-2-7-14-25)35(53)45-27(17-10-18-43-38(41)42)34(52)46-28(33(40)51)19-24-11-4-1-5-12-24/h1-9,11-16,27-31,49H,10,17-23,39H2,(H2,40,51)(H,44,50)(H,45,53)(H,46,52)(H,47,54)(H,48,55)(H4,41,42,43)/t27-,28-,29-,30-,31-/m0/s1. The third-order valence-electron chi connectivity index (χ3n) is 8.37. The largest absolute Gasteiger partial charge is 0.394 e. The predicted molar refractivity (Wildman–Crippen MR) is 205 cm³/mol. The molecule has 0 fully saturated rings. The summed E-state index contributed by atoms with van der Waals surface area (Å²) in [5.74, 6) is -4.71. The normalized spacial score (nSPS) is 13.4. The number of carbonyl (C=O) groups is 6. The SMILES string of the molecule is NCC(=O)N[C@@H](CO)C(=O)N[C@@H](Cc1ccccc1)C(=O)N[C@@H](Cc1ccccc1)C(=O)N[C@@H](CCCN=C(N)N)C(=O)N[C@@H](Cc1ccccc1)C(N)=O. The number of aliphatic hydroxyl groups excluding tert-OH is 1. The summed E-state index contributed by atoms with van der Waals surface area (Å²) < 4.78 is 0. The molecule has 14 N–H and O–H groups in total. The van der Waals surface area contributed by atoms with E-state index in [0.29, 0.717) is 11.1 Å². The van der Waals surface area contributed by atoms with E-state index in [4.69, 9.17) is 22.9 Å². The third kappa shape index (κ3) is 15.3. The summed E-state index contributed by atoms with van der Waals surface area (Å²) in [4.78, 5) is 83.3. The zero-order valence-corrected chi connectivity index (χ0v) is 30.4. The Labute approximate surface area is 319 Å².